The topological polar surface area (TPSA) is 43.1 Å². The summed E-state index contributed by atoms with van der Waals surface area (Å²) < 4.78 is 16.3. The number of thioether (sulfide) groups is 1. The van der Waals surface area contributed by atoms with Crippen LogP contribution in [0.5, 0.6) is 0 Å². The molecule has 1 heterocycles. The highest BCUT2D eigenvalue weighted by Gasteiger charge is 2.09. The molecule has 0 fully saturated rings. The first-order valence-corrected chi connectivity index (χ1v) is 8.99. The van der Waals surface area contributed by atoms with Gasteiger partial charge in [0.25, 0.3) is 0 Å². The normalized spacial score (nSPS) is 11.3. The van der Waals surface area contributed by atoms with Gasteiger partial charge in [-0.25, -0.2) is 4.39 Å². The molecule has 122 valence electrons. The summed E-state index contributed by atoms with van der Waals surface area (Å²) in [5.74, 6) is 1.10. The molecule has 4 nitrogen and oxygen atoms in total. The second-order valence-corrected chi connectivity index (χ2v) is 6.88. The fraction of sp³-hybridized carbons (Fsp3) is 0.118. The van der Waals surface area contributed by atoms with Gasteiger partial charge in [-0.2, -0.15) is 9.78 Å². The van der Waals surface area contributed by atoms with E-state index in [1.807, 2.05) is 31.2 Å². The van der Waals surface area contributed by atoms with Crippen LogP contribution in [0.1, 0.15) is 17.0 Å². The van der Waals surface area contributed by atoms with Gasteiger partial charge in [-0.05, 0) is 30.7 Å². The van der Waals surface area contributed by atoms with Gasteiger partial charge in [0.15, 0.2) is 5.82 Å². The van der Waals surface area contributed by atoms with Crippen molar-refractivity contribution in [2.75, 3.05) is 0 Å². The maximum atomic E-state index is 13.7. The van der Waals surface area contributed by atoms with Crippen molar-refractivity contribution in [2.45, 2.75) is 17.8 Å². The van der Waals surface area contributed by atoms with Gasteiger partial charge < -0.3 is 0 Å². The zero-order valence-electron chi connectivity index (χ0n) is 12.9. The lowest BCUT2D eigenvalue weighted by atomic mass is 10.2. The molecule has 24 heavy (non-hydrogen) atoms. The van der Waals surface area contributed by atoms with Gasteiger partial charge in [-0.3, -0.25) is 0 Å². The van der Waals surface area contributed by atoms with Crippen LogP contribution in [-0.4, -0.2) is 21.1 Å². The third kappa shape index (κ3) is 4.10. The molecule has 0 bridgehead atoms. The van der Waals surface area contributed by atoms with Crippen LogP contribution in [0.3, 0.4) is 0 Å². The molecule has 0 amide bonds. The first-order chi connectivity index (χ1) is 11.6. The molecular weight excluding hydrogens is 391 g/mol. The van der Waals surface area contributed by atoms with Gasteiger partial charge in [0, 0.05) is 15.8 Å². The number of aryl methyl sites for hydroxylation is 1. The molecule has 0 saturated carbocycles. The molecule has 0 saturated heterocycles. The lowest BCUT2D eigenvalue weighted by Crippen LogP contribution is -1.97. The van der Waals surface area contributed by atoms with Crippen LogP contribution < -0.4 is 0 Å². The average molecular weight is 405 g/mol. The number of hydrogen-bond donors (Lipinski definition) is 0. The van der Waals surface area contributed by atoms with Crippen LogP contribution >= 0.6 is 27.7 Å². The quantitative estimate of drug-likeness (QED) is 0.458. The van der Waals surface area contributed by atoms with E-state index in [9.17, 15) is 4.39 Å². The third-order valence-electron chi connectivity index (χ3n) is 3.27. The highest BCUT2D eigenvalue weighted by molar-refractivity contribution is 9.10. The fourth-order valence-corrected chi connectivity index (χ4v) is 3.14. The summed E-state index contributed by atoms with van der Waals surface area (Å²) in [6.45, 7) is 1.81. The van der Waals surface area contributed by atoms with E-state index >= 15 is 0 Å². The Hall–Kier alpha value is -1.99. The summed E-state index contributed by atoms with van der Waals surface area (Å²) >= 11 is 4.95. The summed E-state index contributed by atoms with van der Waals surface area (Å²) in [6, 6.07) is 14.6. The lowest BCUT2D eigenvalue weighted by molar-refractivity contribution is 0.625. The Labute approximate surface area is 151 Å². The molecule has 0 aliphatic carbocycles. The van der Waals surface area contributed by atoms with Gasteiger partial charge in [-0.1, -0.05) is 58.0 Å². The number of rotatable bonds is 5. The van der Waals surface area contributed by atoms with Crippen LogP contribution in [0.2, 0.25) is 0 Å². The van der Waals surface area contributed by atoms with E-state index in [1.165, 1.54) is 29.6 Å². The van der Waals surface area contributed by atoms with Crippen molar-refractivity contribution in [3.63, 3.8) is 0 Å². The van der Waals surface area contributed by atoms with E-state index in [4.69, 9.17) is 0 Å². The molecule has 0 atom stereocenters. The Bertz CT molecular complexity index is 861. The zero-order valence-corrected chi connectivity index (χ0v) is 15.3. The molecule has 0 N–H and O–H groups in total. The second-order valence-electron chi connectivity index (χ2n) is 5.02. The van der Waals surface area contributed by atoms with Crippen LogP contribution in [0, 0.1) is 12.7 Å². The minimum Gasteiger partial charge on any atom is -0.206 e. The molecule has 3 aromatic rings. The lowest BCUT2D eigenvalue weighted by Gasteiger charge is -2.03. The van der Waals surface area contributed by atoms with Gasteiger partial charge in [-0.15, -0.1) is 10.2 Å². The van der Waals surface area contributed by atoms with Gasteiger partial charge in [0.05, 0.1) is 6.21 Å². The van der Waals surface area contributed by atoms with E-state index in [0.29, 0.717) is 16.5 Å². The van der Waals surface area contributed by atoms with Crippen molar-refractivity contribution in [3.05, 3.63) is 75.8 Å². The van der Waals surface area contributed by atoms with E-state index in [0.717, 1.165) is 10.2 Å². The molecular formula is C17H14BrFN4S. The van der Waals surface area contributed by atoms with Crippen LogP contribution in [-0.2, 0) is 5.75 Å². The van der Waals surface area contributed by atoms with E-state index in [1.54, 1.807) is 22.9 Å². The number of nitrogens with zero attached hydrogens (tertiary/aromatic N) is 4. The zero-order chi connectivity index (χ0) is 16.9. The first-order valence-electron chi connectivity index (χ1n) is 7.21. The predicted octanol–water partition coefficient (Wildman–Crippen LogP) is 4.66. The predicted molar refractivity (Wildman–Crippen MR) is 97.9 cm³/mol. The smallest absolute Gasteiger partial charge is 0.206 e. The largest absolute Gasteiger partial charge is 0.212 e. The van der Waals surface area contributed by atoms with Gasteiger partial charge >= 0.3 is 0 Å². The van der Waals surface area contributed by atoms with Crippen LogP contribution in [0.4, 0.5) is 4.39 Å². The minimum absolute atomic E-state index is 0.309. The van der Waals surface area contributed by atoms with Crippen molar-refractivity contribution in [1.82, 2.24) is 14.9 Å². The highest BCUT2D eigenvalue weighted by Crippen LogP contribution is 2.22. The third-order valence-corrected chi connectivity index (χ3v) is 4.79. The molecule has 0 spiro atoms. The summed E-state index contributed by atoms with van der Waals surface area (Å²) in [5, 5.41) is 13.2. The number of aromatic nitrogens is 3. The van der Waals surface area contributed by atoms with Crippen molar-refractivity contribution >= 4 is 33.9 Å². The minimum atomic E-state index is -0.309. The number of halogens is 2. The average Bonchev–Trinajstić information content (AvgIpc) is 2.94. The van der Waals surface area contributed by atoms with Gasteiger partial charge in [0.2, 0.25) is 5.16 Å². The molecule has 2 aromatic carbocycles. The monoisotopic (exact) mass is 404 g/mol. The van der Waals surface area contributed by atoms with Crippen LogP contribution in [0.15, 0.2) is 63.3 Å². The SMILES string of the molecule is Cc1nnc(SCc2ccc(Br)cc2)n1/N=C\c1ccccc1F. The Morgan fingerprint density at radius 2 is 1.92 bits per heavy atom. The Morgan fingerprint density at radius 3 is 2.67 bits per heavy atom. The number of hydrogen-bond acceptors (Lipinski definition) is 4. The van der Waals surface area contributed by atoms with Crippen molar-refractivity contribution in [2.24, 2.45) is 5.10 Å². The molecule has 0 aliphatic heterocycles. The maximum Gasteiger partial charge on any atom is 0.212 e. The van der Waals surface area contributed by atoms with E-state index in [2.05, 4.69) is 31.2 Å². The molecule has 0 aliphatic rings. The van der Waals surface area contributed by atoms with Crippen molar-refractivity contribution in [3.8, 4) is 0 Å². The first kappa shape index (κ1) is 16.9. The Morgan fingerprint density at radius 1 is 1.17 bits per heavy atom. The summed E-state index contributed by atoms with van der Waals surface area (Å²) in [4.78, 5) is 0. The summed E-state index contributed by atoms with van der Waals surface area (Å²) in [6.07, 6.45) is 1.48. The molecule has 3 rings (SSSR count). The second kappa shape index (κ2) is 7.72. The summed E-state index contributed by atoms with van der Waals surface area (Å²) in [5.41, 5.74) is 1.60. The number of benzene rings is 2. The van der Waals surface area contributed by atoms with E-state index < -0.39 is 0 Å². The van der Waals surface area contributed by atoms with Crippen LogP contribution in [0.25, 0.3) is 0 Å². The van der Waals surface area contributed by atoms with Crippen molar-refractivity contribution < 1.29 is 4.39 Å². The maximum absolute atomic E-state index is 13.7. The standard InChI is InChI=1S/C17H14BrFN4S/c1-12-21-22-17(24-11-13-6-8-15(18)9-7-13)23(12)20-10-14-4-2-3-5-16(14)19/h2-10H,11H2,1H3/b20-10-. The molecule has 7 heteroatoms. The fourth-order valence-electron chi connectivity index (χ4n) is 1.99. The molecule has 0 unspecified atom stereocenters. The van der Waals surface area contributed by atoms with Gasteiger partial charge in [0.1, 0.15) is 5.82 Å². The molecule has 0 radical (unpaired) electrons. The molecule has 1 aromatic heterocycles. The van der Waals surface area contributed by atoms with E-state index in [-0.39, 0.29) is 5.82 Å². The van der Waals surface area contributed by atoms with Crippen molar-refractivity contribution in [1.29, 1.82) is 0 Å². The Kier molecular flexibility index (Phi) is 5.42. The summed E-state index contributed by atoms with van der Waals surface area (Å²) in [7, 11) is 0. The Balaban J connectivity index is 1.76. The highest BCUT2D eigenvalue weighted by atomic mass is 79.9.